The average Bonchev–Trinajstić information content (AvgIpc) is 3.14. The fraction of sp³-hybridized carbons (Fsp3) is 0.304. The van der Waals surface area contributed by atoms with Gasteiger partial charge in [-0.25, -0.2) is 4.98 Å². The number of imidazole rings is 1. The average molecular weight is 465 g/mol. The van der Waals surface area contributed by atoms with Crippen molar-refractivity contribution in [1.29, 1.82) is 0 Å². The van der Waals surface area contributed by atoms with E-state index >= 15 is 0 Å². The number of H-pyrrole nitrogens is 1. The van der Waals surface area contributed by atoms with Gasteiger partial charge in [0.05, 0.1) is 16.6 Å². The van der Waals surface area contributed by atoms with Crippen LogP contribution in [0.1, 0.15) is 55.0 Å². The van der Waals surface area contributed by atoms with Crippen molar-refractivity contribution in [3.05, 3.63) is 65.0 Å². The topological polar surface area (TPSA) is 83.8 Å². The van der Waals surface area contributed by atoms with E-state index < -0.39 is 28.7 Å². The molecule has 4 rings (SSSR count). The smallest absolute Gasteiger partial charge is 0.366 e. The molecule has 0 spiro atoms. The molecule has 0 saturated carbocycles. The zero-order valence-corrected chi connectivity index (χ0v) is 18.8. The molecule has 2 aromatic carbocycles. The van der Waals surface area contributed by atoms with Crippen molar-refractivity contribution in [3.8, 4) is 0 Å². The number of alkyl halides is 3. The van der Waals surface area contributed by atoms with Crippen LogP contribution in [0.5, 0.6) is 0 Å². The van der Waals surface area contributed by atoms with E-state index in [1.54, 1.807) is 24.3 Å². The van der Waals surface area contributed by atoms with E-state index in [0.717, 1.165) is 17.7 Å². The summed E-state index contributed by atoms with van der Waals surface area (Å²) in [5.41, 5.74) is 6.80. The number of nitrogens with zero attached hydrogens (tertiary/aromatic N) is 1. The molecule has 0 saturated heterocycles. The number of aromatic amines is 1. The number of para-hydroxylation sites is 1. The Morgan fingerprint density at radius 2 is 1.62 bits per heavy atom. The van der Waals surface area contributed by atoms with Crippen LogP contribution in [-0.4, -0.2) is 27.0 Å². The Labute approximate surface area is 189 Å². The van der Waals surface area contributed by atoms with Gasteiger partial charge in [-0.1, -0.05) is 18.2 Å². The van der Waals surface area contributed by atoms with E-state index in [9.17, 15) is 18.0 Å². The molecule has 170 valence electrons. The van der Waals surface area contributed by atoms with E-state index in [1.807, 2.05) is 27.7 Å². The Balaban J connectivity index is 0.00000289. The number of carbonyl (C=O) groups is 1. The molecule has 0 unspecified atom stereocenters. The predicted octanol–water partition coefficient (Wildman–Crippen LogP) is 5.17. The standard InChI is InChI=1S/C23H23F3N4O.ClH/c1-21(2)16(12-7-5-8-13(11-12)23(24,25)26)17(22(3,4)30-21)20-28-15-10-6-9-14(19(27)31)18(15)29-20;/h5-11,30H,1-4H3,(H2,27,31)(H,28,29);1H. The molecule has 5 nitrogen and oxygen atoms in total. The van der Waals surface area contributed by atoms with Crippen LogP contribution in [0.15, 0.2) is 42.5 Å². The lowest BCUT2D eigenvalue weighted by Gasteiger charge is -2.28. The number of halogens is 4. The molecule has 1 amide bonds. The summed E-state index contributed by atoms with van der Waals surface area (Å²) in [6.07, 6.45) is -4.45. The van der Waals surface area contributed by atoms with Crippen molar-refractivity contribution in [2.24, 2.45) is 5.73 Å². The lowest BCUT2D eigenvalue weighted by atomic mass is 9.85. The maximum atomic E-state index is 13.4. The number of hydrogen-bond acceptors (Lipinski definition) is 3. The van der Waals surface area contributed by atoms with Crippen LogP contribution in [-0.2, 0) is 6.18 Å². The van der Waals surface area contributed by atoms with Crippen LogP contribution < -0.4 is 11.1 Å². The van der Waals surface area contributed by atoms with E-state index in [-0.39, 0.29) is 18.0 Å². The molecule has 32 heavy (non-hydrogen) atoms. The van der Waals surface area contributed by atoms with Crippen molar-refractivity contribution in [3.63, 3.8) is 0 Å². The Kier molecular flexibility index (Phi) is 5.68. The molecule has 0 bridgehead atoms. The van der Waals surface area contributed by atoms with Crippen molar-refractivity contribution in [2.75, 3.05) is 0 Å². The number of hydrogen-bond donors (Lipinski definition) is 3. The summed E-state index contributed by atoms with van der Waals surface area (Å²) < 4.78 is 40.2. The van der Waals surface area contributed by atoms with Crippen molar-refractivity contribution < 1.29 is 18.0 Å². The fourth-order valence-corrected chi connectivity index (χ4v) is 4.65. The molecule has 1 aliphatic rings. The third-order valence-corrected chi connectivity index (χ3v) is 5.62. The summed E-state index contributed by atoms with van der Waals surface area (Å²) in [6, 6.07) is 10.4. The molecule has 2 heterocycles. The molecule has 0 atom stereocenters. The first-order valence-corrected chi connectivity index (χ1v) is 9.82. The van der Waals surface area contributed by atoms with Gasteiger partial charge in [-0.05, 0) is 63.1 Å². The van der Waals surface area contributed by atoms with E-state index in [0.29, 0.717) is 28.0 Å². The molecular formula is C23H24ClF3N4O. The first kappa shape index (κ1) is 23.8. The second-order valence-corrected chi connectivity index (χ2v) is 8.85. The summed E-state index contributed by atoms with van der Waals surface area (Å²) in [4.78, 5) is 19.7. The maximum absolute atomic E-state index is 13.4. The minimum Gasteiger partial charge on any atom is -0.366 e. The van der Waals surface area contributed by atoms with Gasteiger partial charge in [0.2, 0.25) is 0 Å². The number of primary amides is 1. The summed E-state index contributed by atoms with van der Waals surface area (Å²) >= 11 is 0. The number of rotatable bonds is 3. The quantitative estimate of drug-likeness (QED) is 0.499. The Morgan fingerprint density at radius 1 is 1.00 bits per heavy atom. The van der Waals surface area contributed by atoms with Gasteiger partial charge in [-0.2, -0.15) is 13.2 Å². The van der Waals surface area contributed by atoms with Crippen LogP contribution in [0, 0.1) is 0 Å². The number of nitrogens with two attached hydrogens (primary N) is 1. The highest BCUT2D eigenvalue weighted by molar-refractivity contribution is 6.06. The van der Waals surface area contributed by atoms with Crippen molar-refractivity contribution >= 4 is 40.5 Å². The minimum absolute atomic E-state index is 0. The second-order valence-electron chi connectivity index (χ2n) is 8.85. The Morgan fingerprint density at radius 3 is 2.25 bits per heavy atom. The molecule has 0 aliphatic carbocycles. The maximum Gasteiger partial charge on any atom is 0.416 e. The van der Waals surface area contributed by atoms with Gasteiger partial charge in [0.25, 0.3) is 5.91 Å². The van der Waals surface area contributed by atoms with Gasteiger partial charge >= 0.3 is 6.18 Å². The highest BCUT2D eigenvalue weighted by Gasteiger charge is 2.46. The summed E-state index contributed by atoms with van der Waals surface area (Å²) in [5.74, 6) is -0.112. The zero-order chi connectivity index (χ0) is 22.8. The van der Waals surface area contributed by atoms with Gasteiger partial charge in [-0.3, -0.25) is 10.1 Å². The summed E-state index contributed by atoms with van der Waals surface area (Å²) in [5, 5.41) is 3.50. The lowest BCUT2D eigenvalue weighted by molar-refractivity contribution is -0.137. The zero-order valence-electron chi connectivity index (χ0n) is 18.0. The SMILES string of the molecule is CC1(C)NC(C)(C)C(c2nc3c(C(N)=O)cccc3[nH]2)=C1c1cccc(C(F)(F)F)c1.Cl. The largest absolute Gasteiger partial charge is 0.416 e. The van der Waals surface area contributed by atoms with E-state index in [1.165, 1.54) is 6.07 Å². The first-order chi connectivity index (χ1) is 14.3. The number of nitrogens with one attached hydrogen (secondary N) is 2. The first-order valence-electron chi connectivity index (χ1n) is 9.82. The predicted molar refractivity (Wildman–Crippen MR) is 121 cm³/mol. The number of aromatic nitrogens is 2. The number of carbonyl (C=O) groups excluding carboxylic acids is 1. The number of fused-ring (bicyclic) bond motifs is 1. The molecule has 1 aliphatic heterocycles. The van der Waals surface area contributed by atoms with E-state index in [2.05, 4.69) is 15.3 Å². The monoisotopic (exact) mass is 464 g/mol. The highest BCUT2D eigenvalue weighted by atomic mass is 35.5. The highest BCUT2D eigenvalue weighted by Crippen LogP contribution is 2.47. The Bertz CT molecular complexity index is 1240. The minimum atomic E-state index is -4.45. The molecule has 3 aromatic rings. The normalized spacial score (nSPS) is 17.5. The molecule has 4 N–H and O–H groups in total. The fourth-order valence-electron chi connectivity index (χ4n) is 4.65. The van der Waals surface area contributed by atoms with Gasteiger partial charge in [-0.15, -0.1) is 12.4 Å². The third-order valence-electron chi connectivity index (χ3n) is 5.62. The molecule has 9 heteroatoms. The van der Waals surface area contributed by atoms with Gasteiger partial charge < -0.3 is 10.7 Å². The van der Waals surface area contributed by atoms with Crippen molar-refractivity contribution in [1.82, 2.24) is 15.3 Å². The Hall–Kier alpha value is -2.84. The van der Waals surface area contributed by atoms with Crippen LogP contribution in [0.25, 0.3) is 22.2 Å². The van der Waals surface area contributed by atoms with Gasteiger partial charge in [0.15, 0.2) is 0 Å². The van der Waals surface area contributed by atoms with Crippen LogP contribution in [0.2, 0.25) is 0 Å². The summed E-state index contributed by atoms with van der Waals surface area (Å²) in [7, 11) is 0. The summed E-state index contributed by atoms with van der Waals surface area (Å²) in [6.45, 7) is 7.75. The van der Waals surface area contributed by atoms with Gasteiger partial charge in [0.1, 0.15) is 11.3 Å². The van der Waals surface area contributed by atoms with Crippen LogP contribution >= 0.6 is 12.4 Å². The number of amides is 1. The lowest BCUT2D eigenvalue weighted by Crippen LogP contribution is -2.46. The molecule has 0 fully saturated rings. The van der Waals surface area contributed by atoms with Gasteiger partial charge in [0, 0.05) is 16.7 Å². The van der Waals surface area contributed by atoms with Crippen LogP contribution in [0.3, 0.4) is 0 Å². The van der Waals surface area contributed by atoms with Crippen LogP contribution in [0.4, 0.5) is 13.2 Å². The second kappa shape index (κ2) is 7.64. The molecule has 1 aromatic heterocycles. The van der Waals surface area contributed by atoms with E-state index in [4.69, 9.17) is 5.73 Å². The van der Waals surface area contributed by atoms with Crippen molar-refractivity contribution in [2.45, 2.75) is 44.9 Å². The number of benzene rings is 2. The molecule has 0 radical (unpaired) electrons. The molecular weight excluding hydrogens is 441 g/mol. The third kappa shape index (κ3) is 3.89.